The highest BCUT2D eigenvalue weighted by molar-refractivity contribution is 5.94. The Labute approximate surface area is 210 Å². The molecule has 3 aromatic heterocycles. The molecule has 5 heterocycles. The Bertz CT molecular complexity index is 1520. The fourth-order valence-corrected chi connectivity index (χ4v) is 5.82. The second-order valence-electron chi connectivity index (χ2n) is 10.1. The van der Waals surface area contributed by atoms with E-state index in [4.69, 9.17) is 9.97 Å². The fraction of sp³-hybridized carbons (Fsp3) is 0.345. The van der Waals surface area contributed by atoms with E-state index in [0.717, 1.165) is 65.2 Å². The Morgan fingerprint density at radius 1 is 0.917 bits per heavy atom. The van der Waals surface area contributed by atoms with Crippen LogP contribution in [0.25, 0.3) is 44.6 Å². The summed E-state index contributed by atoms with van der Waals surface area (Å²) >= 11 is 0. The molecule has 182 valence electrons. The van der Waals surface area contributed by atoms with Crippen molar-refractivity contribution in [3.8, 4) is 22.4 Å². The zero-order valence-electron chi connectivity index (χ0n) is 20.5. The van der Waals surface area contributed by atoms with Gasteiger partial charge in [-0.2, -0.15) is 0 Å². The number of hydrogen-bond acceptors (Lipinski definition) is 5. The minimum Gasteiger partial charge on any atom is -0.372 e. The maximum Gasteiger partial charge on any atom is 0.156 e. The van der Waals surface area contributed by atoms with Crippen molar-refractivity contribution >= 4 is 27.9 Å². The first-order chi connectivity index (χ1) is 17.8. The molecule has 2 saturated heterocycles. The number of piperidine rings is 2. The van der Waals surface area contributed by atoms with E-state index in [1.165, 1.54) is 43.3 Å². The number of nitrogens with one attached hydrogen (secondary N) is 2. The summed E-state index contributed by atoms with van der Waals surface area (Å²) in [4.78, 5) is 20.3. The molecule has 2 aromatic carbocycles. The first-order valence-corrected chi connectivity index (χ1v) is 13.2. The van der Waals surface area contributed by atoms with Crippen LogP contribution in [0.2, 0.25) is 0 Å². The van der Waals surface area contributed by atoms with Gasteiger partial charge in [-0.05, 0) is 68.5 Å². The number of nitrogens with zero attached hydrogens (tertiary/aromatic N) is 5. The first kappa shape index (κ1) is 21.6. The highest BCUT2D eigenvalue weighted by Crippen LogP contribution is 2.32. The third kappa shape index (κ3) is 3.84. The molecule has 7 rings (SSSR count). The Kier molecular flexibility index (Phi) is 5.43. The topological polar surface area (TPSA) is 74.7 Å². The van der Waals surface area contributed by atoms with E-state index in [1.54, 1.807) is 0 Å². The van der Waals surface area contributed by atoms with E-state index in [2.05, 4.69) is 67.2 Å². The van der Waals surface area contributed by atoms with Crippen molar-refractivity contribution < 1.29 is 0 Å². The van der Waals surface area contributed by atoms with Gasteiger partial charge >= 0.3 is 0 Å². The third-order valence-corrected chi connectivity index (χ3v) is 7.79. The van der Waals surface area contributed by atoms with Crippen LogP contribution in [0.15, 0.2) is 61.2 Å². The molecule has 0 saturated carbocycles. The van der Waals surface area contributed by atoms with Gasteiger partial charge in [0.1, 0.15) is 5.52 Å². The van der Waals surface area contributed by atoms with Crippen LogP contribution in [-0.4, -0.2) is 50.7 Å². The molecule has 36 heavy (non-hydrogen) atoms. The van der Waals surface area contributed by atoms with Gasteiger partial charge in [0.05, 0.1) is 29.3 Å². The first-order valence-electron chi connectivity index (χ1n) is 13.2. The van der Waals surface area contributed by atoms with E-state index in [1.807, 2.05) is 18.7 Å². The fourth-order valence-electron chi connectivity index (χ4n) is 5.82. The molecule has 0 aliphatic carbocycles. The predicted molar refractivity (Wildman–Crippen MR) is 145 cm³/mol. The second-order valence-corrected chi connectivity index (χ2v) is 10.1. The molecule has 2 aliphatic heterocycles. The van der Waals surface area contributed by atoms with E-state index in [-0.39, 0.29) is 0 Å². The van der Waals surface area contributed by atoms with Crippen molar-refractivity contribution in [2.45, 2.75) is 38.1 Å². The van der Waals surface area contributed by atoms with Gasteiger partial charge in [-0.3, -0.25) is 0 Å². The molecule has 5 aromatic rings. The monoisotopic (exact) mass is 477 g/mol. The number of H-pyrrole nitrogens is 1. The SMILES string of the molecule is c1cc(-c2cnc3[nH]cc(-c4ccc5ncn(C6CCCNC6)c5c4)c3n2)cc(N2CCCCC2)c1. The predicted octanol–water partition coefficient (Wildman–Crippen LogP) is 5.56. The minimum atomic E-state index is 0.445. The lowest BCUT2D eigenvalue weighted by atomic mass is 10.0. The van der Waals surface area contributed by atoms with Crippen LogP contribution >= 0.6 is 0 Å². The maximum absolute atomic E-state index is 5.10. The molecule has 1 atom stereocenters. The molecule has 0 spiro atoms. The summed E-state index contributed by atoms with van der Waals surface area (Å²) in [6.07, 6.45) is 12.2. The highest BCUT2D eigenvalue weighted by atomic mass is 15.1. The van der Waals surface area contributed by atoms with Gasteiger partial charge in [-0.1, -0.05) is 18.2 Å². The molecule has 2 aliphatic rings. The van der Waals surface area contributed by atoms with Crippen LogP contribution in [0.3, 0.4) is 0 Å². The number of aromatic nitrogens is 5. The van der Waals surface area contributed by atoms with E-state index in [0.29, 0.717) is 6.04 Å². The largest absolute Gasteiger partial charge is 0.372 e. The molecule has 2 fully saturated rings. The third-order valence-electron chi connectivity index (χ3n) is 7.79. The van der Waals surface area contributed by atoms with Crippen molar-refractivity contribution in [3.63, 3.8) is 0 Å². The summed E-state index contributed by atoms with van der Waals surface area (Å²) in [5.74, 6) is 0. The zero-order chi connectivity index (χ0) is 23.9. The van der Waals surface area contributed by atoms with Gasteiger partial charge in [-0.15, -0.1) is 0 Å². The number of imidazole rings is 1. The second kappa shape index (κ2) is 9.06. The van der Waals surface area contributed by atoms with Gasteiger partial charge in [0, 0.05) is 48.7 Å². The number of anilines is 1. The van der Waals surface area contributed by atoms with Gasteiger partial charge in [-0.25, -0.2) is 15.0 Å². The molecule has 0 bridgehead atoms. The average molecular weight is 478 g/mol. The minimum absolute atomic E-state index is 0.445. The van der Waals surface area contributed by atoms with E-state index in [9.17, 15) is 0 Å². The van der Waals surface area contributed by atoms with Crippen LogP contribution in [0, 0.1) is 0 Å². The smallest absolute Gasteiger partial charge is 0.156 e. The normalized spacial score (nSPS) is 18.8. The van der Waals surface area contributed by atoms with Crippen LogP contribution in [0.5, 0.6) is 0 Å². The lowest BCUT2D eigenvalue weighted by Crippen LogP contribution is -2.31. The lowest BCUT2D eigenvalue weighted by Gasteiger charge is -2.29. The summed E-state index contributed by atoms with van der Waals surface area (Å²) in [6, 6.07) is 15.7. The lowest BCUT2D eigenvalue weighted by molar-refractivity contribution is 0.378. The number of hydrogen-bond donors (Lipinski definition) is 2. The van der Waals surface area contributed by atoms with Gasteiger partial charge in [0.15, 0.2) is 5.65 Å². The quantitative estimate of drug-likeness (QED) is 0.355. The van der Waals surface area contributed by atoms with Crippen molar-refractivity contribution in [2.75, 3.05) is 31.1 Å². The molecule has 0 amide bonds. The van der Waals surface area contributed by atoms with Crippen LogP contribution < -0.4 is 10.2 Å². The summed E-state index contributed by atoms with van der Waals surface area (Å²) < 4.78 is 2.34. The van der Waals surface area contributed by atoms with Gasteiger partial charge < -0.3 is 19.8 Å². The van der Waals surface area contributed by atoms with E-state index >= 15 is 0 Å². The Morgan fingerprint density at radius 2 is 1.86 bits per heavy atom. The summed E-state index contributed by atoms with van der Waals surface area (Å²) in [5.41, 5.74) is 9.42. The highest BCUT2D eigenvalue weighted by Gasteiger charge is 2.19. The summed E-state index contributed by atoms with van der Waals surface area (Å²) in [7, 11) is 0. The molecule has 0 radical (unpaired) electrons. The number of aromatic amines is 1. The standard InChI is InChI=1S/C29H31N7/c1-2-12-35(13-3-1)22-7-4-6-21(14-22)26-18-32-29-28(34-26)24(17-31-29)20-9-10-25-27(15-20)36(19-33-25)23-8-5-11-30-16-23/h4,6-7,9-10,14-15,17-19,23,30H,1-3,5,8,11-13,16H2,(H,31,32). The summed E-state index contributed by atoms with van der Waals surface area (Å²) in [5, 5.41) is 3.53. The molecule has 2 N–H and O–H groups in total. The van der Waals surface area contributed by atoms with Crippen molar-refractivity contribution in [3.05, 3.63) is 61.2 Å². The molecule has 1 unspecified atom stereocenters. The number of benzene rings is 2. The molecular formula is C29H31N7. The Hall–Kier alpha value is -3.71. The van der Waals surface area contributed by atoms with Crippen molar-refractivity contribution in [2.24, 2.45) is 0 Å². The average Bonchev–Trinajstić information content (AvgIpc) is 3.58. The maximum atomic E-state index is 5.10. The van der Waals surface area contributed by atoms with Crippen LogP contribution in [0.1, 0.15) is 38.1 Å². The van der Waals surface area contributed by atoms with Gasteiger partial charge in [0.25, 0.3) is 0 Å². The Morgan fingerprint density at radius 3 is 2.75 bits per heavy atom. The molecule has 7 heteroatoms. The molecular weight excluding hydrogens is 446 g/mol. The van der Waals surface area contributed by atoms with E-state index < -0.39 is 0 Å². The number of fused-ring (bicyclic) bond motifs is 2. The van der Waals surface area contributed by atoms with Crippen molar-refractivity contribution in [1.82, 2.24) is 29.8 Å². The van der Waals surface area contributed by atoms with Crippen LogP contribution in [0.4, 0.5) is 5.69 Å². The van der Waals surface area contributed by atoms with Crippen molar-refractivity contribution in [1.29, 1.82) is 0 Å². The zero-order valence-corrected chi connectivity index (χ0v) is 20.5. The summed E-state index contributed by atoms with van der Waals surface area (Å²) in [6.45, 7) is 4.36. The molecule has 7 nitrogen and oxygen atoms in total. The Balaban J connectivity index is 1.27. The number of rotatable bonds is 4. The van der Waals surface area contributed by atoms with Crippen LogP contribution in [-0.2, 0) is 0 Å². The van der Waals surface area contributed by atoms with Gasteiger partial charge in [0.2, 0.25) is 0 Å².